The normalized spacial score (nSPS) is 16.9. The van der Waals surface area contributed by atoms with Crippen molar-refractivity contribution in [3.63, 3.8) is 0 Å². The fourth-order valence-corrected chi connectivity index (χ4v) is 0.375. The SMILES string of the molecule is CC(C(N)=O)C(F)C(F)F. The summed E-state index contributed by atoms with van der Waals surface area (Å²) >= 11 is 0. The maximum absolute atomic E-state index is 12.1. The summed E-state index contributed by atoms with van der Waals surface area (Å²) in [4.78, 5) is 10.1. The summed E-state index contributed by atoms with van der Waals surface area (Å²) in [5.41, 5.74) is 4.56. The monoisotopic (exact) mass is 155 g/mol. The highest BCUT2D eigenvalue weighted by atomic mass is 19.3. The maximum Gasteiger partial charge on any atom is 0.270 e. The number of carbonyl (C=O) groups excluding carboxylic acids is 1. The van der Waals surface area contributed by atoms with E-state index in [-0.39, 0.29) is 0 Å². The predicted octanol–water partition coefficient (Wildman–Crippen LogP) is 0.711. The molecule has 0 aromatic heterocycles. The Kier molecular flexibility index (Phi) is 3.18. The number of halogens is 3. The van der Waals surface area contributed by atoms with E-state index in [1.54, 1.807) is 0 Å². The molecule has 0 bridgehead atoms. The van der Waals surface area contributed by atoms with E-state index in [0.717, 1.165) is 6.92 Å². The van der Waals surface area contributed by atoms with Crippen molar-refractivity contribution in [1.82, 2.24) is 0 Å². The molecule has 5 heteroatoms. The molecule has 2 atom stereocenters. The highest BCUT2D eigenvalue weighted by Gasteiger charge is 2.29. The molecule has 0 aliphatic heterocycles. The molecule has 10 heavy (non-hydrogen) atoms. The number of rotatable bonds is 3. The van der Waals surface area contributed by atoms with E-state index in [9.17, 15) is 18.0 Å². The van der Waals surface area contributed by atoms with Crippen LogP contribution in [0.15, 0.2) is 0 Å². The third kappa shape index (κ3) is 2.24. The van der Waals surface area contributed by atoms with E-state index in [0.29, 0.717) is 0 Å². The molecule has 0 aliphatic carbocycles. The third-order valence-electron chi connectivity index (χ3n) is 1.17. The summed E-state index contributed by atoms with van der Waals surface area (Å²) in [6.07, 6.45) is -5.58. The molecule has 0 saturated heterocycles. The first-order chi connectivity index (χ1) is 4.46. The zero-order valence-corrected chi connectivity index (χ0v) is 5.35. The highest BCUT2D eigenvalue weighted by Crippen LogP contribution is 2.14. The molecule has 2 unspecified atom stereocenters. The van der Waals surface area contributed by atoms with E-state index in [4.69, 9.17) is 0 Å². The van der Waals surface area contributed by atoms with Gasteiger partial charge in [0.15, 0.2) is 6.17 Å². The lowest BCUT2D eigenvalue weighted by Gasteiger charge is -2.10. The third-order valence-corrected chi connectivity index (χ3v) is 1.17. The first-order valence-electron chi connectivity index (χ1n) is 2.68. The smallest absolute Gasteiger partial charge is 0.270 e. The summed E-state index contributed by atoms with van der Waals surface area (Å²) in [5, 5.41) is 0. The first kappa shape index (κ1) is 9.26. The second-order valence-corrected chi connectivity index (χ2v) is 1.97. The van der Waals surface area contributed by atoms with Crippen LogP contribution in [0.2, 0.25) is 0 Å². The van der Waals surface area contributed by atoms with Crippen LogP contribution in [0.5, 0.6) is 0 Å². The van der Waals surface area contributed by atoms with Crippen LogP contribution in [0.3, 0.4) is 0 Å². The van der Waals surface area contributed by atoms with Crippen molar-refractivity contribution < 1.29 is 18.0 Å². The number of carbonyl (C=O) groups is 1. The van der Waals surface area contributed by atoms with Crippen molar-refractivity contribution in [2.75, 3.05) is 0 Å². The Labute approximate surface area is 56.2 Å². The van der Waals surface area contributed by atoms with Crippen molar-refractivity contribution in [2.24, 2.45) is 11.7 Å². The maximum atomic E-state index is 12.1. The van der Waals surface area contributed by atoms with Gasteiger partial charge in [0, 0.05) is 0 Å². The van der Waals surface area contributed by atoms with Gasteiger partial charge < -0.3 is 5.73 Å². The quantitative estimate of drug-likeness (QED) is 0.640. The van der Waals surface area contributed by atoms with Gasteiger partial charge in [-0.3, -0.25) is 4.79 Å². The molecule has 1 amide bonds. The van der Waals surface area contributed by atoms with E-state index in [1.807, 2.05) is 0 Å². The van der Waals surface area contributed by atoms with Crippen LogP contribution in [0.1, 0.15) is 6.92 Å². The lowest BCUT2D eigenvalue weighted by molar-refractivity contribution is -0.125. The van der Waals surface area contributed by atoms with Crippen molar-refractivity contribution in [1.29, 1.82) is 0 Å². The first-order valence-corrected chi connectivity index (χ1v) is 2.68. The van der Waals surface area contributed by atoms with E-state index in [1.165, 1.54) is 0 Å². The van der Waals surface area contributed by atoms with Gasteiger partial charge in [0.1, 0.15) is 0 Å². The zero-order valence-electron chi connectivity index (χ0n) is 5.35. The number of primary amides is 1. The molecule has 2 N–H and O–H groups in total. The average Bonchev–Trinajstić information content (AvgIpc) is 1.84. The summed E-state index contributed by atoms with van der Waals surface area (Å²) in [6.45, 7) is 1.03. The van der Waals surface area contributed by atoms with Crippen LogP contribution in [-0.4, -0.2) is 18.5 Å². The van der Waals surface area contributed by atoms with Gasteiger partial charge in [-0.2, -0.15) is 0 Å². The van der Waals surface area contributed by atoms with Crippen LogP contribution >= 0.6 is 0 Å². The van der Waals surface area contributed by atoms with Gasteiger partial charge in [-0.1, -0.05) is 6.92 Å². The molecule has 0 aromatic carbocycles. The number of hydrogen-bond donors (Lipinski definition) is 1. The minimum absolute atomic E-state index is 1.03. The Bertz CT molecular complexity index is 128. The molecule has 0 spiro atoms. The molecule has 0 radical (unpaired) electrons. The Morgan fingerprint density at radius 2 is 1.80 bits per heavy atom. The van der Waals surface area contributed by atoms with Crippen LogP contribution < -0.4 is 5.73 Å². The Morgan fingerprint density at radius 3 is 1.90 bits per heavy atom. The number of nitrogens with two attached hydrogens (primary N) is 1. The summed E-state index contributed by atoms with van der Waals surface area (Å²) < 4.78 is 35.0. The molecular weight excluding hydrogens is 147 g/mol. The van der Waals surface area contributed by atoms with Gasteiger partial charge in [0.05, 0.1) is 5.92 Å². The topological polar surface area (TPSA) is 43.1 Å². The Balaban J connectivity index is 3.94. The average molecular weight is 155 g/mol. The molecule has 0 fully saturated rings. The number of amides is 1. The summed E-state index contributed by atoms with van der Waals surface area (Å²) in [5.74, 6) is -2.46. The van der Waals surface area contributed by atoms with Crippen LogP contribution in [0.4, 0.5) is 13.2 Å². The molecule has 60 valence electrons. The summed E-state index contributed by atoms with van der Waals surface area (Å²) in [7, 11) is 0. The van der Waals surface area contributed by atoms with Gasteiger partial charge in [-0.05, 0) is 0 Å². The lowest BCUT2D eigenvalue weighted by Crippen LogP contribution is -2.32. The fourth-order valence-electron chi connectivity index (χ4n) is 0.375. The van der Waals surface area contributed by atoms with Gasteiger partial charge >= 0.3 is 0 Å². The second kappa shape index (κ2) is 3.43. The molecule has 0 rings (SSSR count). The molecular formula is C5H8F3NO. The van der Waals surface area contributed by atoms with Crippen molar-refractivity contribution in [3.8, 4) is 0 Å². The molecule has 0 aliphatic rings. The van der Waals surface area contributed by atoms with E-state index < -0.39 is 24.4 Å². The molecule has 2 nitrogen and oxygen atoms in total. The molecule has 0 saturated carbocycles. The minimum Gasteiger partial charge on any atom is -0.369 e. The van der Waals surface area contributed by atoms with Gasteiger partial charge in [-0.15, -0.1) is 0 Å². The van der Waals surface area contributed by atoms with Crippen molar-refractivity contribution in [3.05, 3.63) is 0 Å². The van der Waals surface area contributed by atoms with Crippen molar-refractivity contribution in [2.45, 2.75) is 19.5 Å². The highest BCUT2D eigenvalue weighted by molar-refractivity contribution is 5.76. The Hall–Kier alpha value is -0.740. The van der Waals surface area contributed by atoms with E-state index >= 15 is 0 Å². The minimum atomic E-state index is -3.14. The second-order valence-electron chi connectivity index (χ2n) is 1.97. The van der Waals surface area contributed by atoms with Crippen LogP contribution in [0.25, 0.3) is 0 Å². The zero-order chi connectivity index (χ0) is 8.31. The fraction of sp³-hybridized carbons (Fsp3) is 0.800. The molecule has 0 aromatic rings. The standard InChI is InChI=1S/C5H8F3NO/c1-2(5(9)10)3(6)4(7)8/h2-4H,1H3,(H2,9,10). The largest absolute Gasteiger partial charge is 0.369 e. The Morgan fingerprint density at radius 1 is 1.40 bits per heavy atom. The van der Waals surface area contributed by atoms with Gasteiger partial charge in [0.2, 0.25) is 5.91 Å². The predicted molar refractivity (Wildman–Crippen MR) is 29.3 cm³/mol. The van der Waals surface area contributed by atoms with Crippen LogP contribution in [-0.2, 0) is 4.79 Å². The van der Waals surface area contributed by atoms with Crippen LogP contribution in [0, 0.1) is 5.92 Å². The summed E-state index contributed by atoms with van der Waals surface area (Å²) in [6, 6.07) is 0. The number of hydrogen-bond acceptors (Lipinski definition) is 1. The van der Waals surface area contributed by atoms with E-state index in [2.05, 4.69) is 5.73 Å². The lowest BCUT2D eigenvalue weighted by atomic mass is 10.1. The van der Waals surface area contributed by atoms with Gasteiger partial charge in [-0.25, -0.2) is 13.2 Å². The van der Waals surface area contributed by atoms with Crippen molar-refractivity contribution >= 4 is 5.91 Å². The van der Waals surface area contributed by atoms with Gasteiger partial charge in [0.25, 0.3) is 6.43 Å². The number of alkyl halides is 3. The molecule has 0 heterocycles.